The summed E-state index contributed by atoms with van der Waals surface area (Å²) in [6.45, 7) is 4.40. The first-order chi connectivity index (χ1) is 11.1. The molecule has 1 saturated heterocycles. The van der Waals surface area contributed by atoms with Gasteiger partial charge in [-0.1, -0.05) is 6.92 Å². The van der Waals surface area contributed by atoms with Crippen LogP contribution in [-0.4, -0.2) is 57.6 Å². The smallest absolute Gasteiger partial charge is 0.254 e. The van der Waals surface area contributed by atoms with Crippen molar-refractivity contribution < 1.29 is 9.59 Å². The topological polar surface area (TPSA) is 67.2 Å². The number of nitrogens with zero attached hydrogens (tertiary/aromatic N) is 3. The van der Waals surface area contributed by atoms with Crippen LogP contribution in [0.1, 0.15) is 36.5 Å². The lowest BCUT2D eigenvalue weighted by Gasteiger charge is -2.32. The van der Waals surface area contributed by atoms with Crippen molar-refractivity contribution in [1.82, 2.24) is 20.0 Å². The average Bonchev–Trinajstić information content (AvgIpc) is 3.00. The maximum Gasteiger partial charge on any atom is 0.254 e. The van der Waals surface area contributed by atoms with Crippen LogP contribution >= 0.6 is 11.8 Å². The number of rotatable bonds is 7. The number of amides is 2. The molecule has 1 N–H and O–H groups in total. The molecule has 1 fully saturated rings. The number of aromatic nitrogens is 2. The Morgan fingerprint density at radius 1 is 1.39 bits per heavy atom. The van der Waals surface area contributed by atoms with E-state index in [9.17, 15) is 9.59 Å². The zero-order valence-electron chi connectivity index (χ0n) is 14.0. The Balaban J connectivity index is 1.66. The Morgan fingerprint density at radius 2 is 2.13 bits per heavy atom. The highest BCUT2D eigenvalue weighted by atomic mass is 32.2. The molecular weight excluding hydrogens is 312 g/mol. The fourth-order valence-electron chi connectivity index (χ4n) is 2.73. The summed E-state index contributed by atoms with van der Waals surface area (Å²) in [6, 6.07) is 0. The average molecular weight is 338 g/mol. The van der Waals surface area contributed by atoms with E-state index in [1.165, 1.54) is 0 Å². The van der Waals surface area contributed by atoms with Crippen molar-refractivity contribution in [2.45, 2.75) is 26.2 Å². The third-order valence-electron chi connectivity index (χ3n) is 4.15. The van der Waals surface area contributed by atoms with Crippen LogP contribution in [0.4, 0.5) is 0 Å². The first kappa shape index (κ1) is 17.8. The first-order valence-electron chi connectivity index (χ1n) is 8.22. The summed E-state index contributed by atoms with van der Waals surface area (Å²) in [4.78, 5) is 26.0. The van der Waals surface area contributed by atoms with Crippen molar-refractivity contribution in [3.63, 3.8) is 0 Å². The van der Waals surface area contributed by atoms with Gasteiger partial charge in [-0.15, -0.1) is 0 Å². The highest BCUT2D eigenvalue weighted by molar-refractivity contribution is 7.99. The fourth-order valence-corrected chi connectivity index (χ4v) is 3.33. The number of nitrogens with one attached hydrogen (secondary N) is 1. The van der Waals surface area contributed by atoms with Gasteiger partial charge in [0.1, 0.15) is 0 Å². The van der Waals surface area contributed by atoms with E-state index in [4.69, 9.17) is 0 Å². The summed E-state index contributed by atoms with van der Waals surface area (Å²) in [6.07, 6.45) is 5.84. The van der Waals surface area contributed by atoms with Crippen molar-refractivity contribution in [2.75, 3.05) is 31.1 Å². The van der Waals surface area contributed by atoms with Crippen molar-refractivity contribution >= 4 is 23.6 Å². The Morgan fingerprint density at radius 3 is 2.74 bits per heavy atom. The summed E-state index contributed by atoms with van der Waals surface area (Å²) in [7, 11) is 1.79. The molecule has 0 spiro atoms. The number of hydrogen-bond acceptors (Lipinski definition) is 4. The van der Waals surface area contributed by atoms with E-state index < -0.39 is 0 Å². The standard InChI is InChI=1S/C16H26N4O2S/c1-3-23-9-6-15(21)20-7-4-13(5-8-20)10-17-16(22)14-11-18-19(2)12-14/h11-13H,3-10H2,1-2H3,(H,17,22). The molecule has 0 bridgehead atoms. The molecule has 0 saturated carbocycles. The number of aryl methyl sites for hydroxylation is 1. The predicted molar refractivity (Wildman–Crippen MR) is 92.5 cm³/mol. The molecule has 2 amide bonds. The molecule has 1 aliphatic heterocycles. The summed E-state index contributed by atoms with van der Waals surface area (Å²) < 4.78 is 1.62. The number of carbonyl (C=O) groups excluding carboxylic acids is 2. The highest BCUT2D eigenvalue weighted by Gasteiger charge is 2.23. The lowest BCUT2D eigenvalue weighted by atomic mass is 9.96. The van der Waals surface area contributed by atoms with Crippen molar-refractivity contribution in [3.8, 4) is 0 Å². The summed E-state index contributed by atoms with van der Waals surface area (Å²) >= 11 is 1.81. The van der Waals surface area contributed by atoms with Gasteiger partial charge in [-0.3, -0.25) is 14.3 Å². The Bertz CT molecular complexity index is 524. The van der Waals surface area contributed by atoms with Crippen LogP contribution in [0.15, 0.2) is 12.4 Å². The van der Waals surface area contributed by atoms with Gasteiger partial charge in [0, 0.05) is 45.1 Å². The van der Waals surface area contributed by atoms with Crippen LogP contribution in [0, 0.1) is 5.92 Å². The maximum atomic E-state index is 12.1. The van der Waals surface area contributed by atoms with E-state index in [1.54, 1.807) is 24.1 Å². The molecular formula is C16H26N4O2S. The van der Waals surface area contributed by atoms with E-state index >= 15 is 0 Å². The summed E-state index contributed by atoms with van der Waals surface area (Å²) in [5.41, 5.74) is 0.591. The SMILES string of the molecule is CCSCCC(=O)N1CCC(CNC(=O)c2cnn(C)c2)CC1. The second-order valence-electron chi connectivity index (χ2n) is 5.88. The molecule has 0 aliphatic carbocycles. The van der Waals surface area contributed by atoms with Gasteiger partial charge >= 0.3 is 0 Å². The third-order valence-corrected chi connectivity index (χ3v) is 5.05. The zero-order chi connectivity index (χ0) is 16.7. The largest absolute Gasteiger partial charge is 0.352 e. The number of hydrogen-bond donors (Lipinski definition) is 1. The van der Waals surface area contributed by atoms with Crippen molar-refractivity contribution in [1.29, 1.82) is 0 Å². The molecule has 2 heterocycles. The normalized spacial score (nSPS) is 15.7. The van der Waals surface area contributed by atoms with Gasteiger partial charge in [-0.25, -0.2) is 0 Å². The summed E-state index contributed by atoms with van der Waals surface area (Å²) in [5.74, 6) is 2.62. The molecule has 0 unspecified atom stereocenters. The van der Waals surface area contributed by atoms with Gasteiger partial charge in [0.25, 0.3) is 5.91 Å². The number of piperidine rings is 1. The van der Waals surface area contributed by atoms with E-state index in [0.717, 1.165) is 37.4 Å². The number of likely N-dealkylation sites (tertiary alicyclic amines) is 1. The van der Waals surface area contributed by atoms with Gasteiger partial charge in [0.05, 0.1) is 11.8 Å². The molecule has 0 atom stereocenters. The van der Waals surface area contributed by atoms with E-state index in [1.807, 2.05) is 16.7 Å². The second-order valence-corrected chi connectivity index (χ2v) is 7.28. The molecule has 1 aromatic rings. The van der Waals surface area contributed by atoms with E-state index in [2.05, 4.69) is 17.3 Å². The van der Waals surface area contributed by atoms with Gasteiger partial charge in [0.15, 0.2) is 0 Å². The number of carbonyl (C=O) groups is 2. The van der Waals surface area contributed by atoms with Crippen LogP contribution < -0.4 is 5.32 Å². The fraction of sp³-hybridized carbons (Fsp3) is 0.688. The zero-order valence-corrected chi connectivity index (χ0v) is 14.8. The van der Waals surface area contributed by atoms with Gasteiger partial charge in [0.2, 0.25) is 5.91 Å². The van der Waals surface area contributed by atoms with Crippen molar-refractivity contribution in [2.24, 2.45) is 13.0 Å². The van der Waals surface area contributed by atoms with Crippen LogP contribution in [0.3, 0.4) is 0 Å². The molecule has 6 nitrogen and oxygen atoms in total. The first-order valence-corrected chi connectivity index (χ1v) is 9.38. The predicted octanol–water partition coefficient (Wildman–Crippen LogP) is 1.53. The molecule has 0 aromatic carbocycles. The molecule has 0 radical (unpaired) electrons. The van der Waals surface area contributed by atoms with Gasteiger partial charge < -0.3 is 10.2 Å². The summed E-state index contributed by atoms with van der Waals surface area (Å²) in [5, 5.41) is 6.97. The molecule has 128 valence electrons. The lowest BCUT2D eigenvalue weighted by Crippen LogP contribution is -2.41. The minimum absolute atomic E-state index is 0.0757. The highest BCUT2D eigenvalue weighted by Crippen LogP contribution is 2.18. The van der Waals surface area contributed by atoms with Crippen LogP contribution in [0.5, 0.6) is 0 Å². The van der Waals surface area contributed by atoms with Crippen LogP contribution in [-0.2, 0) is 11.8 Å². The minimum atomic E-state index is -0.0757. The van der Waals surface area contributed by atoms with Gasteiger partial charge in [-0.05, 0) is 24.5 Å². The van der Waals surface area contributed by atoms with Gasteiger partial charge in [-0.2, -0.15) is 16.9 Å². The monoisotopic (exact) mass is 338 g/mol. The third kappa shape index (κ3) is 5.57. The Hall–Kier alpha value is -1.50. The molecule has 1 aromatic heterocycles. The van der Waals surface area contributed by atoms with Crippen LogP contribution in [0.25, 0.3) is 0 Å². The minimum Gasteiger partial charge on any atom is -0.352 e. The Labute approximate surface area is 142 Å². The molecule has 23 heavy (non-hydrogen) atoms. The Kier molecular flexibility index (Phi) is 6.95. The van der Waals surface area contributed by atoms with Crippen LogP contribution in [0.2, 0.25) is 0 Å². The molecule has 7 heteroatoms. The number of thioether (sulfide) groups is 1. The lowest BCUT2D eigenvalue weighted by molar-refractivity contribution is -0.132. The maximum absolute atomic E-state index is 12.1. The van der Waals surface area contributed by atoms with E-state index in [0.29, 0.717) is 24.4 Å². The quantitative estimate of drug-likeness (QED) is 0.766. The molecule has 1 aliphatic rings. The van der Waals surface area contributed by atoms with E-state index in [-0.39, 0.29) is 11.8 Å². The second kappa shape index (κ2) is 8.96. The molecule has 2 rings (SSSR count). The van der Waals surface area contributed by atoms with Crippen molar-refractivity contribution in [3.05, 3.63) is 18.0 Å².